The molecule has 1 aliphatic rings. The summed E-state index contributed by atoms with van der Waals surface area (Å²) < 4.78 is 10.5. The van der Waals surface area contributed by atoms with Crippen LogP contribution in [-0.2, 0) is 11.2 Å². The molecule has 6 heteroatoms. The summed E-state index contributed by atoms with van der Waals surface area (Å²) in [5.41, 5.74) is 6.33. The maximum Gasteiger partial charge on any atom is 0.231 e. The quantitative estimate of drug-likeness (QED) is 0.769. The van der Waals surface area contributed by atoms with Gasteiger partial charge in [0.2, 0.25) is 12.7 Å². The van der Waals surface area contributed by atoms with E-state index in [1.165, 1.54) is 0 Å². The molecular formula is C12H14N2O3S. The molecule has 3 N–H and O–H groups in total. The highest BCUT2D eigenvalue weighted by Gasteiger charge is 2.13. The summed E-state index contributed by atoms with van der Waals surface area (Å²) in [5, 5.41) is 2.64. The van der Waals surface area contributed by atoms with E-state index in [1.807, 2.05) is 18.2 Å². The van der Waals surface area contributed by atoms with Crippen LogP contribution in [0.5, 0.6) is 11.5 Å². The van der Waals surface area contributed by atoms with Gasteiger partial charge < -0.3 is 20.5 Å². The maximum atomic E-state index is 11.5. The standard InChI is InChI=1S/C12H14N2O3S/c13-11(18)6-14-12(15)4-2-8-1-3-9-10(5-8)17-7-16-9/h1,3,5H,2,4,6-7H2,(H2,13,18)(H,14,15). The van der Waals surface area contributed by atoms with Crippen molar-refractivity contribution in [2.24, 2.45) is 5.73 Å². The number of benzene rings is 1. The Morgan fingerprint density at radius 2 is 2.17 bits per heavy atom. The van der Waals surface area contributed by atoms with Gasteiger partial charge in [-0.1, -0.05) is 18.3 Å². The number of fused-ring (bicyclic) bond motifs is 1. The predicted octanol–water partition coefficient (Wildman–Crippen LogP) is 0.750. The van der Waals surface area contributed by atoms with Gasteiger partial charge in [0.1, 0.15) is 0 Å². The van der Waals surface area contributed by atoms with Gasteiger partial charge in [-0.25, -0.2) is 0 Å². The SMILES string of the molecule is NC(=S)CNC(=O)CCc1ccc2c(c1)OCO2. The fourth-order valence-electron chi connectivity index (χ4n) is 1.63. The van der Waals surface area contributed by atoms with Crippen LogP contribution in [0.15, 0.2) is 18.2 Å². The maximum absolute atomic E-state index is 11.5. The summed E-state index contributed by atoms with van der Waals surface area (Å²) in [6, 6.07) is 5.67. The Morgan fingerprint density at radius 1 is 1.39 bits per heavy atom. The number of ether oxygens (including phenoxy) is 2. The largest absolute Gasteiger partial charge is 0.454 e. The summed E-state index contributed by atoms with van der Waals surface area (Å²) in [7, 11) is 0. The fraction of sp³-hybridized carbons (Fsp3) is 0.333. The Labute approximate surface area is 110 Å². The second-order valence-electron chi connectivity index (χ2n) is 3.93. The minimum atomic E-state index is -0.0690. The lowest BCUT2D eigenvalue weighted by Gasteiger charge is -2.05. The van der Waals surface area contributed by atoms with E-state index in [1.54, 1.807) is 0 Å². The van der Waals surface area contributed by atoms with Crippen molar-refractivity contribution in [2.75, 3.05) is 13.3 Å². The van der Waals surface area contributed by atoms with Crippen LogP contribution in [0.3, 0.4) is 0 Å². The first kappa shape index (κ1) is 12.6. The second-order valence-corrected chi connectivity index (χ2v) is 4.46. The molecule has 0 radical (unpaired) electrons. The van der Waals surface area contributed by atoms with E-state index >= 15 is 0 Å². The van der Waals surface area contributed by atoms with Crippen LogP contribution in [-0.4, -0.2) is 24.2 Å². The number of nitrogens with one attached hydrogen (secondary N) is 1. The molecule has 0 atom stereocenters. The van der Waals surface area contributed by atoms with E-state index in [0.717, 1.165) is 17.1 Å². The van der Waals surface area contributed by atoms with Gasteiger partial charge in [0.15, 0.2) is 11.5 Å². The van der Waals surface area contributed by atoms with Crippen molar-refractivity contribution in [1.82, 2.24) is 5.32 Å². The minimum Gasteiger partial charge on any atom is -0.454 e. The van der Waals surface area contributed by atoms with Crippen LogP contribution < -0.4 is 20.5 Å². The van der Waals surface area contributed by atoms with E-state index in [4.69, 9.17) is 15.2 Å². The minimum absolute atomic E-state index is 0.0690. The molecule has 18 heavy (non-hydrogen) atoms. The normalized spacial score (nSPS) is 12.2. The molecule has 0 aliphatic carbocycles. The molecule has 0 fully saturated rings. The van der Waals surface area contributed by atoms with Crippen LogP contribution in [0.2, 0.25) is 0 Å². The third kappa shape index (κ3) is 3.33. The summed E-state index contributed by atoms with van der Waals surface area (Å²) in [6.45, 7) is 0.503. The van der Waals surface area contributed by atoms with Crippen LogP contribution in [0.1, 0.15) is 12.0 Å². The molecule has 1 aromatic carbocycles. The van der Waals surface area contributed by atoms with E-state index in [2.05, 4.69) is 17.5 Å². The number of hydrogen-bond donors (Lipinski definition) is 2. The van der Waals surface area contributed by atoms with E-state index < -0.39 is 0 Å². The van der Waals surface area contributed by atoms with E-state index in [0.29, 0.717) is 12.8 Å². The van der Waals surface area contributed by atoms with Gasteiger partial charge in [0.05, 0.1) is 11.5 Å². The third-order valence-electron chi connectivity index (χ3n) is 2.54. The highest BCUT2D eigenvalue weighted by Crippen LogP contribution is 2.32. The van der Waals surface area contributed by atoms with Crippen molar-refractivity contribution in [3.05, 3.63) is 23.8 Å². The van der Waals surface area contributed by atoms with Crippen molar-refractivity contribution in [3.63, 3.8) is 0 Å². The number of hydrogen-bond acceptors (Lipinski definition) is 4. The molecule has 2 rings (SSSR count). The molecule has 1 heterocycles. The molecule has 0 spiro atoms. The van der Waals surface area contributed by atoms with Crippen LogP contribution >= 0.6 is 12.2 Å². The average molecular weight is 266 g/mol. The van der Waals surface area contributed by atoms with Gasteiger partial charge in [-0.3, -0.25) is 4.79 Å². The van der Waals surface area contributed by atoms with Crippen molar-refractivity contribution in [1.29, 1.82) is 0 Å². The molecule has 1 amide bonds. The zero-order valence-corrected chi connectivity index (χ0v) is 10.6. The van der Waals surface area contributed by atoms with Gasteiger partial charge in [-0.05, 0) is 24.1 Å². The molecule has 1 aliphatic heterocycles. The first-order chi connectivity index (χ1) is 8.65. The molecule has 0 saturated heterocycles. The molecular weight excluding hydrogens is 252 g/mol. The van der Waals surface area contributed by atoms with Crippen molar-refractivity contribution < 1.29 is 14.3 Å². The van der Waals surface area contributed by atoms with Crippen molar-refractivity contribution >= 4 is 23.1 Å². The number of carbonyl (C=O) groups is 1. The molecule has 0 unspecified atom stereocenters. The first-order valence-corrected chi connectivity index (χ1v) is 5.99. The molecule has 1 aromatic rings. The number of thiocarbonyl (C=S) groups is 1. The van der Waals surface area contributed by atoms with Crippen molar-refractivity contribution in [3.8, 4) is 11.5 Å². The van der Waals surface area contributed by atoms with E-state index in [-0.39, 0.29) is 24.2 Å². The smallest absolute Gasteiger partial charge is 0.231 e. The lowest BCUT2D eigenvalue weighted by molar-refractivity contribution is -0.120. The molecule has 0 bridgehead atoms. The van der Waals surface area contributed by atoms with Crippen LogP contribution in [0.25, 0.3) is 0 Å². The predicted molar refractivity (Wildman–Crippen MR) is 70.7 cm³/mol. The monoisotopic (exact) mass is 266 g/mol. The van der Waals surface area contributed by atoms with Gasteiger partial charge in [0, 0.05) is 6.42 Å². The Bertz CT molecular complexity index is 476. The zero-order chi connectivity index (χ0) is 13.0. The van der Waals surface area contributed by atoms with Crippen molar-refractivity contribution in [2.45, 2.75) is 12.8 Å². The lowest BCUT2D eigenvalue weighted by Crippen LogP contribution is -2.32. The highest BCUT2D eigenvalue weighted by atomic mass is 32.1. The summed E-state index contributed by atoms with van der Waals surface area (Å²) in [5.74, 6) is 1.41. The number of amides is 1. The molecule has 5 nitrogen and oxygen atoms in total. The second kappa shape index (κ2) is 5.68. The van der Waals surface area contributed by atoms with Crippen LogP contribution in [0.4, 0.5) is 0 Å². The van der Waals surface area contributed by atoms with Crippen LogP contribution in [0, 0.1) is 0 Å². The number of nitrogens with two attached hydrogens (primary N) is 1. The Morgan fingerprint density at radius 3 is 2.94 bits per heavy atom. The van der Waals surface area contributed by atoms with Gasteiger partial charge in [0.25, 0.3) is 0 Å². The lowest BCUT2D eigenvalue weighted by atomic mass is 10.1. The molecule has 0 saturated carbocycles. The zero-order valence-electron chi connectivity index (χ0n) is 9.77. The number of carbonyl (C=O) groups excluding carboxylic acids is 1. The average Bonchev–Trinajstić information content (AvgIpc) is 2.81. The highest BCUT2D eigenvalue weighted by molar-refractivity contribution is 7.80. The van der Waals surface area contributed by atoms with Gasteiger partial charge >= 0.3 is 0 Å². The van der Waals surface area contributed by atoms with Gasteiger partial charge in [-0.2, -0.15) is 0 Å². The van der Waals surface area contributed by atoms with Gasteiger partial charge in [-0.15, -0.1) is 0 Å². The topological polar surface area (TPSA) is 73.6 Å². The first-order valence-electron chi connectivity index (χ1n) is 5.58. The Hall–Kier alpha value is -1.82. The summed E-state index contributed by atoms with van der Waals surface area (Å²) in [4.78, 5) is 11.8. The summed E-state index contributed by atoms with van der Waals surface area (Å²) in [6.07, 6.45) is 1.03. The Kier molecular flexibility index (Phi) is 3.99. The fourth-order valence-corrected chi connectivity index (χ4v) is 1.70. The molecule has 0 aromatic heterocycles. The number of aryl methyl sites for hydroxylation is 1. The Balaban J connectivity index is 1.83. The van der Waals surface area contributed by atoms with E-state index in [9.17, 15) is 4.79 Å². The number of rotatable bonds is 5. The third-order valence-corrected chi connectivity index (χ3v) is 2.68. The summed E-state index contributed by atoms with van der Waals surface area (Å²) >= 11 is 4.68. The molecule has 96 valence electrons.